The minimum Gasteiger partial charge on any atom is -0.398 e. The highest BCUT2D eigenvalue weighted by molar-refractivity contribution is 6.34. The first-order chi connectivity index (χ1) is 8.68. The van der Waals surface area contributed by atoms with E-state index < -0.39 is 0 Å². The highest BCUT2D eigenvalue weighted by Crippen LogP contribution is 2.21. The van der Waals surface area contributed by atoms with Crippen molar-refractivity contribution >= 4 is 23.2 Å². The van der Waals surface area contributed by atoms with Gasteiger partial charge in [-0.25, -0.2) is 9.97 Å². The molecular weight excluding hydrogens is 252 g/mol. The Kier molecular flexibility index (Phi) is 3.74. The van der Waals surface area contributed by atoms with Crippen LogP contribution in [0, 0.1) is 0 Å². The lowest BCUT2D eigenvalue weighted by Gasteiger charge is -2.08. The number of nitrogens with zero attached hydrogens (tertiary/aromatic N) is 2. The fourth-order valence-electron chi connectivity index (χ4n) is 1.46. The largest absolute Gasteiger partial charge is 0.398 e. The number of aromatic nitrogens is 2. The second-order valence-corrected chi connectivity index (χ2v) is 3.99. The number of nitrogen functional groups attached to an aromatic ring is 1. The predicted molar refractivity (Wildman–Crippen MR) is 69.1 cm³/mol. The van der Waals surface area contributed by atoms with Crippen LogP contribution in [0.2, 0.25) is 5.02 Å². The topological polar surface area (TPSA) is 80.9 Å². The van der Waals surface area contributed by atoms with Crippen molar-refractivity contribution in [3.05, 3.63) is 53.1 Å². The highest BCUT2D eigenvalue weighted by Gasteiger charge is 2.13. The van der Waals surface area contributed by atoms with Gasteiger partial charge in [-0.3, -0.25) is 4.79 Å². The molecule has 1 aromatic carbocycles. The molecule has 92 valence electrons. The molecule has 0 aliphatic carbocycles. The first kappa shape index (κ1) is 12.3. The van der Waals surface area contributed by atoms with Crippen molar-refractivity contribution in [2.45, 2.75) is 6.54 Å². The average Bonchev–Trinajstić information content (AvgIpc) is 2.37. The van der Waals surface area contributed by atoms with Crippen molar-refractivity contribution in [1.29, 1.82) is 0 Å². The number of hydrogen-bond acceptors (Lipinski definition) is 4. The summed E-state index contributed by atoms with van der Waals surface area (Å²) in [4.78, 5) is 19.7. The molecule has 0 atom stereocenters. The number of nitrogens with one attached hydrogen (secondary N) is 1. The number of anilines is 1. The summed E-state index contributed by atoms with van der Waals surface area (Å²) >= 11 is 5.94. The van der Waals surface area contributed by atoms with Gasteiger partial charge in [-0.2, -0.15) is 0 Å². The van der Waals surface area contributed by atoms with E-state index in [1.165, 1.54) is 6.33 Å². The van der Waals surface area contributed by atoms with E-state index in [0.717, 1.165) is 0 Å². The quantitative estimate of drug-likeness (QED) is 0.824. The normalized spacial score (nSPS) is 10.1. The summed E-state index contributed by atoms with van der Waals surface area (Å²) in [5.41, 5.74) is 7.07. The van der Waals surface area contributed by atoms with E-state index in [2.05, 4.69) is 15.3 Å². The van der Waals surface area contributed by atoms with Crippen molar-refractivity contribution < 1.29 is 4.79 Å². The van der Waals surface area contributed by atoms with E-state index in [1.807, 2.05) is 0 Å². The number of nitrogens with two attached hydrogens (primary N) is 1. The number of amides is 1. The number of rotatable bonds is 3. The van der Waals surface area contributed by atoms with Gasteiger partial charge in [0.1, 0.15) is 6.33 Å². The van der Waals surface area contributed by atoms with Crippen LogP contribution in [-0.4, -0.2) is 15.9 Å². The molecule has 18 heavy (non-hydrogen) atoms. The molecule has 0 radical (unpaired) electrons. The minimum absolute atomic E-state index is 0.285. The fraction of sp³-hybridized carbons (Fsp3) is 0.0833. The van der Waals surface area contributed by atoms with Gasteiger partial charge < -0.3 is 11.1 Å². The second-order valence-electron chi connectivity index (χ2n) is 3.59. The first-order valence-electron chi connectivity index (χ1n) is 5.25. The molecule has 0 saturated heterocycles. The number of hydrogen-bond donors (Lipinski definition) is 2. The summed E-state index contributed by atoms with van der Waals surface area (Å²) in [6.45, 7) is 0.298. The molecule has 0 saturated carbocycles. The van der Waals surface area contributed by atoms with Crippen LogP contribution in [0.5, 0.6) is 0 Å². The predicted octanol–water partition coefficient (Wildman–Crippen LogP) is 1.64. The lowest BCUT2D eigenvalue weighted by Crippen LogP contribution is -2.24. The lowest BCUT2D eigenvalue weighted by molar-refractivity contribution is 0.0951. The summed E-state index contributed by atoms with van der Waals surface area (Å²) < 4.78 is 0. The van der Waals surface area contributed by atoms with E-state index >= 15 is 0 Å². The summed E-state index contributed by atoms with van der Waals surface area (Å²) in [7, 11) is 0. The first-order valence-corrected chi connectivity index (χ1v) is 5.63. The molecule has 2 rings (SSSR count). The van der Waals surface area contributed by atoms with Crippen molar-refractivity contribution in [2.24, 2.45) is 0 Å². The molecule has 0 aliphatic heterocycles. The van der Waals surface area contributed by atoms with Crippen LogP contribution in [-0.2, 0) is 6.54 Å². The van der Waals surface area contributed by atoms with Gasteiger partial charge in [-0.15, -0.1) is 0 Å². The van der Waals surface area contributed by atoms with Crippen LogP contribution in [0.4, 0.5) is 5.69 Å². The number of carbonyl (C=O) groups excluding carboxylic acids is 1. The smallest absolute Gasteiger partial charge is 0.255 e. The summed E-state index contributed by atoms with van der Waals surface area (Å²) in [5, 5.41) is 3.03. The van der Waals surface area contributed by atoms with Crippen molar-refractivity contribution in [3.8, 4) is 0 Å². The Bertz CT molecular complexity index is 539. The molecule has 2 aromatic rings. The van der Waals surface area contributed by atoms with Crippen LogP contribution in [0.25, 0.3) is 0 Å². The summed E-state index contributed by atoms with van der Waals surface area (Å²) in [6, 6.07) is 6.66. The number of benzene rings is 1. The number of halogens is 1. The molecule has 3 N–H and O–H groups in total. The van der Waals surface area contributed by atoms with E-state index in [0.29, 0.717) is 22.9 Å². The monoisotopic (exact) mass is 262 g/mol. The lowest BCUT2D eigenvalue weighted by atomic mass is 10.1. The molecular formula is C12H11ClN4O. The molecule has 5 nitrogen and oxygen atoms in total. The van der Waals surface area contributed by atoms with E-state index in [4.69, 9.17) is 17.3 Å². The van der Waals surface area contributed by atoms with Gasteiger partial charge in [-0.05, 0) is 18.2 Å². The third kappa shape index (κ3) is 2.75. The third-order valence-electron chi connectivity index (χ3n) is 2.35. The molecule has 0 bridgehead atoms. The van der Waals surface area contributed by atoms with E-state index in [1.54, 1.807) is 30.5 Å². The van der Waals surface area contributed by atoms with Gasteiger partial charge in [0.15, 0.2) is 0 Å². The zero-order valence-electron chi connectivity index (χ0n) is 9.43. The minimum atomic E-state index is -0.322. The Morgan fingerprint density at radius 2 is 2.22 bits per heavy atom. The van der Waals surface area contributed by atoms with Gasteiger partial charge in [-0.1, -0.05) is 17.7 Å². The Hall–Kier alpha value is -2.14. The van der Waals surface area contributed by atoms with Crippen molar-refractivity contribution in [3.63, 3.8) is 0 Å². The van der Waals surface area contributed by atoms with Gasteiger partial charge in [0.25, 0.3) is 5.91 Å². The molecule has 1 amide bonds. The second kappa shape index (κ2) is 5.46. The highest BCUT2D eigenvalue weighted by atomic mass is 35.5. The standard InChI is InChI=1S/C12H11ClN4O/c13-9-2-1-3-10(14)11(9)12(18)16-6-8-4-5-15-7-17-8/h1-5,7H,6,14H2,(H,16,18). The Balaban J connectivity index is 2.09. The summed E-state index contributed by atoms with van der Waals surface area (Å²) in [5.74, 6) is -0.322. The zero-order valence-corrected chi connectivity index (χ0v) is 10.2. The fourth-order valence-corrected chi connectivity index (χ4v) is 1.73. The molecule has 0 aliphatic rings. The van der Waals surface area contributed by atoms with Crippen LogP contribution in [0.15, 0.2) is 36.8 Å². The van der Waals surface area contributed by atoms with Gasteiger partial charge >= 0.3 is 0 Å². The van der Waals surface area contributed by atoms with Gasteiger partial charge in [0.05, 0.1) is 22.8 Å². The van der Waals surface area contributed by atoms with E-state index in [-0.39, 0.29) is 11.5 Å². The van der Waals surface area contributed by atoms with Crippen molar-refractivity contribution in [1.82, 2.24) is 15.3 Å². The Labute approximate surface area is 109 Å². The molecule has 0 spiro atoms. The maximum absolute atomic E-state index is 11.9. The molecule has 6 heteroatoms. The maximum Gasteiger partial charge on any atom is 0.255 e. The van der Waals surface area contributed by atoms with Crippen LogP contribution < -0.4 is 11.1 Å². The van der Waals surface area contributed by atoms with Crippen LogP contribution in [0.3, 0.4) is 0 Å². The molecule has 1 heterocycles. The maximum atomic E-state index is 11.9. The molecule has 0 unspecified atom stereocenters. The Morgan fingerprint density at radius 3 is 2.89 bits per heavy atom. The molecule has 0 fully saturated rings. The Morgan fingerprint density at radius 1 is 1.39 bits per heavy atom. The zero-order chi connectivity index (χ0) is 13.0. The molecule has 1 aromatic heterocycles. The summed E-state index contributed by atoms with van der Waals surface area (Å²) in [6.07, 6.45) is 3.03. The average molecular weight is 263 g/mol. The van der Waals surface area contributed by atoms with Gasteiger partial charge in [0, 0.05) is 11.9 Å². The third-order valence-corrected chi connectivity index (χ3v) is 2.66. The van der Waals surface area contributed by atoms with Crippen LogP contribution >= 0.6 is 11.6 Å². The SMILES string of the molecule is Nc1cccc(Cl)c1C(=O)NCc1ccncn1. The van der Waals surface area contributed by atoms with E-state index in [9.17, 15) is 4.79 Å². The number of carbonyl (C=O) groups is 1. The van der Waals surface area contributed by atoms with Gasteiger partial charge in [0.2, 0.25) is 0 Å². The van der Waals surface area contributed by atoms with Crippen molar-refractivity contribution in [2.75, 3.05) is 5.73 Å². The van der Waals surface area contributed by atoms with Crippen LogP contribution in [0.1, 0.15) is 16.1 Å².